The van der Waals surface area contributed by atoms with Gasteiger partial charge in [-0.1, -0.05) is 192 Å². The van der Waals surface area contributed by atoms with Gasteiger partial charge in [-0.3, -0.25) is 4.57 Å². The molecule has 0 saturated carbocycles. The summed E-state index contributed by atoms with van der Waals surface area (Å²) in [5.41, 5.74) is 14.3. The van der Waals surface area contributed by atoms with E-state index in [2.05, 4.69) is 273 Å². The summed E-state index contributed by atoms with van der Waals surface area (Å²) in [6.45, 7) is 28.3. The van der Waals surface area contributed by atoms with E-state index in [1.165, 1.54) is 82.1 Å². The molecule has 75 heavy (non-hydrogen) atoms. The molecule has 0 atom stereocenters. The third-order valence-electron chi connectivity index (χ3n) is 15.7. The van der Waals surface area contributed by atoms with Gasteiger partial charge in [-0.25, -0.2) is 4.98 Å². The average Bonchev–Trinajstić information content (AvgIpc) is 3.96. The van der Waals surface area contributed by atoms with Crippen molar-refractivity contribution in [2.45, 2.75) is 111 Å². The second-order valence-corrected chi connectivity index (χ2v) is 25.0. The standard InChI is InChI=1S/C70H68N4O/c1-67(2,3)45-30-32-55-53-22-13-14-23-54(53)58-27-19-29-62-66(58)73(65-52(25-18-26-59(65)60(55)39-45)44-36-47(69(7,8)9)38-48(37-44)70(10,11)12)43-72(62)49-20-17-21-50(41-49)75-51-31-33-57-56-24-15-16-28-61(56)74(63(57)42-51)64-40-46(34-35-71-64)68(4,5)6/h13-42H,43H2,1-12H3. The molecule has 4 heterocycles. The number of hydrogen-bond donors (Lipinski definition) is 0. The van der Waals surface area contributed by atoms with Crippen LogP contribution < -0.4 is 9.64 Å². The molecule has 1 aliphatic heterocycles. The normalized spacial score (nSPS) is 13.3. The van der Waals surface area contributed by atoms with E-state index in [4.69, 9.17) is 9.72 Å². The largest absolute Gasteiger partial charge is 0.457 e. The van der Waals surface area contributed by atoms with E-state index in [9.17, 15) is 0 Å². The number of nitrogens with zero attached hydrogens (tertiary/aromatic N) is 4. The molecule has 11 aromatic rings. The van der Waals surface area contributed by atoms with Gasteiger partial charge in [0.15, 0.2) is 0 Å². The van der Waals surface area contributed by atoms with Crippen LogP contribution in [0.5, 0.6) is 11.5 Å². The Balaban J connectivity index is 1.08. The molecular formula is C70H68N4O. The number of hydrogen-bond acceptors (Lipinski definition) is 3. The minimum atomic E-state index is -0.0551. The molecule has 0 fully saturated rings. The molecule has 0 amide bonds. The summed E-state index contributed by atoms with van der Waals surface area (Å²) >= 11 is 0. The zero-order chi connectivity index (χ0) is 52.3. The first-order valence-corrected chi connectivity index (χ1v) is 26.7. The number of fused-ring (bicyclic) bond motifs is 10. The highest BCUT2D eigenvalue weighted by atomic mass is 16.5. The Hall–Kier alpha value is -7.89. The van der Waals surface area contributed by atoms with Crippen molar-refractivity contribution < 1.29 is 4.74 Å². The molecular weight excluding hydrogens is 913 g/mol. The number of ether oxygens (including phenoxy) is 1. The molecule has 0 spiro atoms. The third kappa shape index (κ3) is 8.38. The van der Waals surface area contributed by atoms with Crippen LogP contribution in [0.15, 0.2) is 182 Å². The molecule has 12 rings (SSSR count). The number of pyridine rings is 1. The number of benzene rings is 8. The smallest absolute Gasteiger partial charge is 0.137 e. The van der Waals surface area contributed by atoms with E-state index in [-0.39, 0.29) is 21.7 Å². The first-order chi connectivity index (χ1) is 35.7. The Morgan fingerprint density at radius 3 is 1.67 bits per heavy atom. The van der Waals surface area contributed by atoms with Crippen molar-refractivity contribution >= 4 is 76.5 Å². The van der Waals surface area contributed by atoms with Crippen LogP contribution in [-0.2, 0) is 28.3 Å². The molecule has 5 heteroatoms. The van der Waals surface area contributed by atoms with Gasteiger partial charge in [0.2, 0.25) is 0 Å². The highest BCUT2D eigenvalue weighted by Crippen LogP contribution is 2.47. The van der Waals surface area contributed by atoms with E-state index in [1.54, 1.807) is 0 Å². The quantitative estimate of drug-likeness (QED) is 0.172. The lowest BCUT2D eigenvalue weighted by molar-refractivity contribution is 0.483. The van der Waals surface area contributed by atoms with Gasteiger partial charge >= 0.3 is 0 Å². The minimum absolute atomic E-state index is 0.0222. The van der Waals surface area contributed by atoms with Crippen molar-refractivity contribution in [2.24, 2.45) is 0 Å². The van der Waals surface area contributed by atoms with Crippen molar-refractivity contribution in [1.82, 2.24) is 14.1 Å². The summed E-state index contributed by atoms with van der Waals surface area (Å²) in [5, 5.41) is 9.69. The van der Waals surface area contributed by atoms with Crippen LogP contribution in [0.4, 0.5) is 11.4 Å². The number of anilines is 2. The van der Waals surface area contributed by atoms with Gasteiger partial charge in [-0.05, 0) is 126 Å². The second kappa shape index (κ2) is 17.3. The van der Waals surface area contributed by atoms with Gasteiger partial charge in [0, 0.05) is 51.1 Å². The molecule has 374 valence electrons. The molecule has 0 bridgehead atoms. The van der Waals surface area contributed by atoms with Crippen LogP contribution in [0.3, 0.4) is 0 Å². The van der Waals surface area contributed by atoms with E-state index in [1.807, 2.05) is 6.20 Å². The van der Waals surface area contributed by atoms with Crippen molar-refractivity contribution in [1.29, 1.82) is 0 Å². The van der Waals surface area contributed by atoms with Crippen LogP contribution in [0.2, 0.25) is 0 Å². The fraction of sp³-hybridized carbons (Fsp3) is 0.243. The highest BCUT2D eigenvalue weighted by Gasteiger charge is 2.28. The van der Waals surface area contributed by atoms with Crippen molar-refractivity contribution in [3.05, 3.63) is 204 Å². The molecule has 0 radical (unpaired) electrons. The topological polar surface area (TPSA) is 35.2 Å². The maximum absolute atomic E-state index is 6.95. The van der Waals surface area contributed by atoms with Gasteiger partial charge in [0.25, 0.3) is 0 Å². The van der Waals surface area contributed by atoms with Crippen LogP contribution in [0.25, 0.3) is 82.1 Å². The Kier molecular flexibility index (Phi) is 11.1. The van der Waals surface area contributed by atoms with Crippen molar-refractivity contribution in [3.63, 3.8) is 0 Å². The van der Waals surface area contributed by atoms with Gasteiger partial charge in [0.05, 0.1) is 27.8 Å². The Bertz CT molecular complexity index is 4140. The minimum Gasteiger partial charge on any atom is -0.457 e. The van der Waals surface area contributed by atoms with E-state index >= 15 is 0 Å². The monoisotopic (exact) mass is 981 g/mol. The number of rotatable bonds is 5. The van der Waals surface area contributed by atoms with Crippen LogP contribution in [-0.4, -0.2) is 14.1 Å². The zero-order valence-corrected chi connectivity index (χ0v) is 45.7. The summed E-state index contributed by atoms with van der Waals surface area (Å²) < 4.78 is 11.8. The third-order valence-corrected chi connectivity index (χ3v) is 15.7. The Morgan fingerprint density at radius 1 is 0.400 bits per heavy atom. The van der Waals surface area contributed by atoms with Crippen molar-refractivity contribution in [2.75, 3.05) is 4.90 Å². The summed E-state index contributed by atoms with van der Waals surface area (Å²) in [5.74, 6) is 2.42. The molecule has 0 N–H and O–H groups in total. The van der Waals surface area contributed by atoms with Gasteiger partial charge in [-0.15, -0.1) is 0 Å². The first kappa shape index (κ1) is 48.1. The van der Waals surface area contributed by atoms with E-state index in [0.717, 1.165) is 45.1 Å². The fourth-order valence-electron chi connectivity index (χ4n) is 11.4. The van der Waals surface area contributed by atoms with Crippen LogP contribution in [0, 0.1) is 0 Å². The molecule has 5 nitrogen and oxygen atoms in total. The lowest BCUT2D eigenvalue weighted by atomic mass is 9.78. The molecule has 1 aliphatic rings. The summed E-state index contributed by atoms with van der Waals surface area (Å²) in [7, 11) is 0. The first-order valence-electron chi connectivity index (χ1n) is 26.7. The average molecular weight is 981 g/mol. The maximum atomic E-state index is 6.95. The SMILES string of the molecule is CC(C)(C)c1cc(-c2cccc3c4cc(C(C)(C)C)ccc4c4ccccc4c4cccc5c4n(c23)CN5c2cccc(Oc3ccc4c5ccccc5n(-c5cc(C(C)(C)C)ccn5)c4c3)c2)cc(C(C)(C)C)c1. The summed E-state index contributed by atoms with van der Waals surface area (Å²) in [6.07, 6.45) is 1.93. The number of aromatic nitrogens is 3. The fourth-order valence-corrected chi connectivity index (χ4v) is 11.4. The Labute approximate surface area is 442 Å². The number of para-hydroxylation sites is 3. The van der Waals surface area contributed by atoms with Crippen molar-refractivity contribution in [3.8, 4) is 28.4 Å². The highest BCUT2D eigenvalue weighted by molar-refractivity contribution is 6.22. The van der Waals surface area contributed by atoms with Crippen LogP contribution in [0.1, 0.15) is 105 Å². The van der Waals surface area contributed by atoms with Gasteiger partial charge in [0.1, 0.15) is 24.0 Å². The molecule has 0 unspecified atom stereocenters. The van der Waals surface area contributed by atoms with Crippen LogP contribution >= 0.6 is 0 Å². The van der Waals surface area contributed by atoms with E-state index < -0.39 is 0 Å². The van der Waals surface area contributed by atoms with Gasteiger partial charge < -0.3 is 14.2 Å². The van der Waals surface area contributed by atoms with E-state index in [0.29, 0.717) is 6.67 Å². The second-order valence-electron chi connectivity index (χ2n) is 25.0. The summed E-state index contributed by atoms with van der Waals surface area (Å²) in [6, 6.07) is 65.5. The lowest BCUT2D eigenvalue weighted by Gasteiger charge is -2.27. The molecule has 0 saturated heterocycles. The molecule has 3 aromatic heterocycles. The molecule has 8 aromatic carbocycles. The summed E-state index contributed by atoms with van der Waals surface area (Å²) in [4.78, 5) is 7.41. The maximum Gasteiger partial charge on any atom is 0.137 e. The predicted octanol–water partition coefficient (Wildman–Crippen LogP) is 19.5. The zero-order valence-electron chi connectivity index (χ0n) is 45.7. The molecule has 0 aliphatic carbocycles. The predicted molar refractivity (Wildman–Crippen MR) is 320 cm³/mol. The Morgan fingerprint density at radius 2 is 0.960 bits per heavy atom. The van der Waals surface area contributed by atoms with Gasteiger partial charge in [-0.2, -0.15) is 0 Å². The lowest BCUT2D eigenvalue weighted by Crippen LogP contribution is -2.17.